The Bertz CT molecular complexity index is 280. The van der Waals surface area contributed by atoms with Crippen LogP contribution in [0.2, 0.25) is 0 Å². The average molecular weight is 211 g/mol. The van der Waals surface area contributed by atoms with Gasteiger partial charge in [0.05, 0.1) is 12.5 Å². The summed E-state index contributed by atoms with van der Waals surface area (Å²) >= 11 is 0. The molecule has 0 aliphatic carbocycles. The molecule has 0 aromatic rings. The van der Waals surface area contributed by atoms with E-state index >= 15 is 0 Å². The van der Waals surface area contributed by atoms with E-state index in [1.54, 1.807) is 0 Å². The largest absolute Gasteiger partial charge is 0.318 e. The first kappa shape index (κ1) is 10.6. The van der Waals surface area contributed by atoms with Crippen LogP contribution in [-0.2, 0) is 9.59 Å². The van der Waals surface area contributed by atoms with Gasteiger partial charge in [-0.15, -0.1) is 0 Å². The first-order chi connectivity index (χ1) is 7.22. The van der Waals surface area contributed by atoms with E-state index in [9.17, 15) is 9.59 Å². The maximum atomic E-state index is 11.5. The van der Waals surface area contributed by atoms with E-state index in [1.165, 1.54) is 0 Å². The Morgan fingerprint density at radius 3 is 2.93 bits per heavy atom. The summed E-state index contributed by atoms with van der Waals surface area (Å²) < 4.78 is 0. The number of imide groups is 1. The van der Waals surface area contributed by atoms with Gasteiger partial charge in [0.25, 0.3) is 0 Å². The lowest BCUT2D eigenvalue weighted by atomic mass is 10.1. The van der Waals surface area contributed by atoms with E-state index < -0.39 is 0 Å². The fourth-order valence-electron chi connectivity index (χ4n) is 2.53. The van der Waals surface area contributed by atoms with Crippen LogP contribution >= 0.6 is 0 Å². The van der Waals surface area contributed by atoms with Crippen LogP contribution in [0.5, 0.6) is 0 Å². The molecule has 5 heteroatoms. The minimum absolute atomic E-state index is 0.122. The highest BCUT2D eigenvalue weighted by Gasteiger charge is 2.39. The molecule has 0 saturated carbocycles. The normalized spacial score (nSPS) is 32.3. The van der Waals surface area contributed by atoms with E-state index in [-0.39, 0.29) is 17.9 Å². The molecule has 2 fully saturated rings. The molecular weight excluding hydrogens is 194 g/mol. The van der Waals surface area contributed by atoms with Gasteiger partial charge >= 0.3 is 0 Å². The van der Waals surface area contributed by atoms with Gasteiger partial charge in [0.1, 0.15) is 0 Å². The molecule has 2 heterocycles. The van der Waals surface area contributed by atoms with Crippen LogP contribution < -0.4 is 10.6 Å². The SMILES string of the molecule is CNCC1CCCN1C1CC(=O)NC1=O. The van der Waals surface area contributed by atoms with Gasteiger partial charge in [0.2, 0.25) is 11.8 Å². The third-order valence-electron chi connectivity index (χ3n) is 3.21. The number of carbonyl (C=O) groups is 2. The van der Waals surface area contributed by atoms with Crippen molar-refractivity contribution in [3.8, 4) is 0 Å². The third kappa shape index (κ3) is 2.03. The summed E-state index contributed by atoms with van der Waals surface area (Å²) in [5.41, 5.74) is 0. The van der Waals surface area contributed by atoms with Crippen LogP contribution in [0.25, 0.3) is 0 Å². The second-order valence-electron chi connectivity index (χ2n) is 4.22. The van der Waals surface area contributed by atoms with Crippen LogP contribution in [0.1, 0.15) is 19.3 Å². The number of nitrogens with one attached hydrogen (secondary N) is 2. The summed E-state index contributed by atoms with van der Waals surface area (Å²) in [5.74, 6) is -0.261. The zero-order valence-corrected chi connectivity index (χ0v) is 8.95. The topological polar surface area (TPSA) is 61.4 Å². The van der Waals surface area contributed by atoms with E-state index in [4.69, 9.17) is 0 Å². The van der Waals surface area contributed by atoms with Gasteiger partial charge in [0.15, 0.2) is 0 Å². The number of nitrogens with zero attached hydrogens (tertiary/aromatic N) is 1. The molecule has 5 nitrogen and oxygen atoms in total. The highest BCUT2D eigenvalue weighted by Crippen LogP contribution is 2.23. The smallest absolute Gasteiger partial charge is 0.244 e. The molecule has 2 rings (SSSR count). The molecule has 0 bridgehead atoms. The van der Waals surface area contributed by atoms with Crippen molar-refractivity contribution in [2.45, 2.75) is 31.3 Å². The van der Waals surface area contributed by atoms with Gasteiger partial charge in [-0.05, 0) is 26.4 Å². The number of rotatable bonds is 3. The molecule has 2 aliphatic rings. The molecule has 2 saturated heterocycles. The van der Waals surface area contributed by atoms with E-state index in [2.05, 4.69) is 15.5 Å². The average Bonchev–Trinajstić information content (AvgIpc) is 2.73. The number of likely N-dealkylation sites (tertiary alicyclic amines) is 1. The lowest BCUT2D eigenvalue weighted by Gasteiger charge is -2.27. The summed E-state index contributed by atoms with van der Waals surface area (Å²) in [5, 5.41) is 5.50. The lowest BCUT2D eigenvalue weighted by Crippen LogP contribution is -2.46. The predicted octanol–water partition coefficient (Wildman–Crippen LogP) is -0.915. The zero-order chi connectivity index (χ0) is 10.8. The van der Waals surface area contributed by atoms with Crippen LogP contribution in [0, 0.1) is 0 Å². The van der Waals surface area contributed by atoms with Crippen molar-refractivity contribution in [2.75, 3.05) is 20.1 Å². The van der Waals surface area contributed by atoms with Crippen LogP contribution in [0.3, 0.4) is 0 Å². The highest BCUT2D eigenvalue weighted by atomic mass is 16.2. The monoisotopic (exact) mass is 211 g/mol. The first-order valence-electron chi connectivity index (χ1n) is 5.46. The molecule has 84 valence electrons. The van der Waals surface area contributed by atoms with Crippen molar-refractivity contribution in [3.63, 3.8) is 0 Å². The van der Waals surface area contributed by atoms with E-state index in [0.717, 1.165) is 25.9 Å². The summed E-state index contributed by atoms with van der Waals surface area (Å²) in [6.07, 6.45) is 2.56. The molecule has 0 aromatic carbocycles. The number of carbonyl (C=O) groups excluding carboxylic acids is 2. The molecule has 2 unspecified atom stereocenters. The zero-order valence-electron chi connectivity index (χ0n) is 8.95. The highest BCUT2D eigenvalue weighted by molar-refractivity contribution is 6.05. The Morgan fingerprint density at radius 1 is 1.53 bits per heavy atom. The van der Waals surface area contributed by atoms with Crippen molar-refractivity contribution < 1.29 is 9.59 Å². The second kappa shape index (κ2) is 4.28. The van der Waals surface area contributed by atoms with Gasteiger partial charge in [-0.2, -0.15) is 0 Å². The quantitative estimate of drug-likeness (QED) is 0.593. The molecule has 0 spiro atoms. The van der Waals surface area contributed by atoms with Gasteiger partial charge in [-0.1, -0.05) is 0 Å². The second-order valence-corrected chi connectivity index (χ2v) is 4.22. The van der Waals surface area contributed by atoms with Crippen LogP contribution in [-0.4, -0.2) is 48.9 Å². The Labute approximate surface area is 89.2 Å². The fourth-order valence-corrected chi connectivity index (χ4v) is 2.53. The van der Waals surface area contributed by atoms with E-state index in [0.29, 0.717) is 12.5 Å². The van der Waals surface area contributed by atoms with Crippen molar-refractivity contribution in [2.24, 2.45) is 0 Å². The number of hydrogen-bond donors (Lipinski definition) is 2. The molecule has 2 aliphatic heterocycles. The summed E-state index contributed by atoms with van der Waals surface area (Å²) in [6, 6.07) is 0.176. The Balaban J connectivity index is 2.03. The number of hydrogen-bond acceptors (Lipinski definition) is 4. The molecule has 0 radical (unpaired) electrons. The van der Waals surface area contributed by atoms with Crippen molar-refractivity contribution >= 4 is 11.8 Å². The third-order valence-corrected chi connectivity index (χ3v) is 3.21. The summed E-state index contributed by atoms with van der Waals surface area (Å²) in [7, 11) is 1.91. The van der Waals surface area contributed by atoms with Gasteiger partial charge in [-0.25, -0.2) is 0 Å². The molecule has 2 amide bonds. The first-order valence-corrected chi connectivity index (χ1v) is 5.46. The van der Waals surface area contributed by atoms with Crippen molar-refractivity contribution in [1.29, 1.82) is 0 Å². The lowest BCUT2D eigenvalue weighted by molar-refractivity contribution is -0.126. The fraction of sp³-hybridized carbons (Fsp3) is 0.800. The summed E-state index contributed by atoms with van der Waals surface area (Å²) in [6.45, 7) is 1.82. The van der Waals surface area contributed by atoms with Gasteiger partial charge < -0.3 is 5.32 Å². The van der Waals surface area contributed by atoms with Crippen molar-refractivity contribution in [3.05, 3.63) is 0 Å². The summed E-state index contributed by atoms with van der Waals surface area (Å²) in [4.78, 5) is 24.8. The number of amides is 2. The maximum Gasteiger partial charge on any atom is 0.244 e. The maximum absolute atomic E-state index is 11.5. The molecular formula is C10H17N3O2. The minimum atomic E-state index is -0.224. The van der Waals surface area contributed by atoms with Gasteiger partial charge in [-0.3, -0.25) is 19.8 Å². The van der Waals surface area contributed by atoms with Crippen molar-refractivity contribution in [1.82, 2.24) is 15.5 Å². The Kier molecular flexibility index (Phi) is 3.02. The molecule has 2 atom stereocenters. The standard InChI is InChI=1S/C10H17N3O2/c1-11-6-7-3-2-4-13(7)8-5-9(14)12-10(8)15/h7-8,11H,2-6H2,1H3,(H,12,14,15). The van der Waals surface area contributed by atoms with Crippen LogP contribution in [0.15, 0.2) is 0 Å². The molecule has 0 aromatic heterocycles. The Hall–Kier alpha value is -0.940. The minimum Gasteiger partial charge on any atom is -0.318 e. The molecule has 15 heavy (non-hydrogen) atoms. The van der Waals surface area contributed by atoms with Crippen LogP contribution in [0.4, 0.5) is 0 Å². The molecule has 2 N–H and O–H groups in total. The van der Waals surface area contributed by atoms with E-state index in [1.807, 2.05) is 7.05 Å². The predicted molar refractivity (Wildman–Crippen MR) is 55.2 cm³/mol. The van der Waals surface area contributed by atoms with Gasteiger partial charge in [0, 0.05) is 12.6 Å². The Morgan fingerprint density at radius 2 is 2.33 bits per heavy atom. The number of likely N-dealkylation sites (N-methyl/N-ethyl adjacent to an activating group) is 1.